The monoisotopic (exact) mass is 304 g/mol. The Morgan fingerprint density at radius 3 is 2.59 bits per heavy atom. The summed E-state index contributed by atoms with van der Waals surface area (Å²) in [6.07, 6.45) is 0.916. The van der Waals surface area contributed by atoms with Crippen molar-refractivity contribution >= 4 is 5.97 Å². The maximum atomic E-state index is 11.4. The van der Waals surface area contributed by atoms with Crippen molar-refractivity contribution in [2.75, 3.05) is 13.7 Å². The Labute approximate surface area is 129 Å². The number of quaternary nitrogens is 1. The van der Waals surface area contributed by atoms with Gasteiger partial charge in [-0.25, -0.2) is 4.79 Å². The van der Waals surface area contributed by atoms with Crippen LogP contribution in [0.25, 0.3) is 11.3 Å². The zero-order valence-electron chi connectivity index (χ0n) is 12.9. The molecule has 5 heteroatoms. The zero-order chi connectivity index (χ0) is 15.9. The number of furan rings is 1. The molecule has 0 spiro atoms. The molecule has 1 heterocycles. The molecule has 2 rings (SSSR count). The maximum Gasteiger partial charge on any atom is 0.337 e. The van der Waals surface area contributed by atoms with E-state index in [0.29, 0.717) is 12.1 Å². The molecule has 0 aliphatic rings. The molecular formula is C17H22NO4+. The summed E-state index contributed by atoms with van der Waals surface area (Å²) in [5.41, 5.74) is 1.42. The highest BCUT2D eigenvalue weighted by Gasteiger charge is 2.11. The Morgan fingerprint density at radius 2 is 2.00 bits per heavy atom. The first kappa shape index (κ1) is 16.3. The molecule has 118 valence electrons. The van der Waals surface area contributed by atoms with Crippen LogP contribution in [0.5, 0.6) is 0 Å². The molecule has 0 bridgehead atoms. The van der Waals surface area contributed by atoms with Gasteiger partial charge in [0.25, 0.3) is 0 Å². The van der Waals surface area contributed by atoms with Crippen molar-refractivity contribution in [3.63, 3.8) is 0 Å². The van der Waals surface area contributed by atoms with E-state index in [-0.39, 0.29) is 18.6 Å². The van der Waals surface area contributed by atoms with E-state index in [4.69, 9.17) is 4.42 Å². The van der Waals surface area contributed by atoms with Crippen LogP contribution in [-0.4, -0.2) is 30.8 Å². The van der Waals surface area contributed by atoms with Gasteiger partial charge in [-0.3, -0.25) is 0 Å². The van der Waals surface area contributed by atoms with Gasteiger partial charge in [-0.05, 0) is 30.7 Å². The molecule has 0 unspecified atom stereocenters. The van der Waals surface area contributed by atoms with Gasteiger partial charge in [-0.2, -0.15) is 0 Å². The summed E-state index contributed by atoms with van der Waals surface area (Å²) in [4.78, 5) is 11.4. The van der Waals surface area contributed by atoms with Crippen LogP contribution in [0.3, 0.4) is 0 Å². The van der Waals surface area contributed by atoms with Crippen LogP contribution in [-0.2, 0) is 11.3 Å². The fourth-order valence-electron chi connectivity index (χ4n) is 2.18. The molecule has 0 radical (unpaired) electrons. The van der Waals surface area contributed by atoms with Crippen molar-refractivity contribution < 1.29 is 24.4 Å². The van der Waals surface area contributed by atoms with E-state index >= 15 is 0 Å². The minimum atomic E-state index is -0.351. The highest BCUT2D eigenvalue weighted by atomic mass is 16.5. The summed E-state index contributed by atoms with van der Waals surface area (Å²) in [7, 11) is 1.36. The van der Waals surface area contributed by atoms with E-state index < -0.39 is 0 Å². The molecule has 0 aliphatic carbocycles. The first-order valence-corrected chi connectivity index (χ1v) is 7.39. The third-order valence-corrected chi connectivity index (χ3v) is 3.66. The van der Waals surface area contributed by atoms with Crippen LogP contribution in [0.1, 0.15) is 29.5 Å². The van der Waals surface area contributed by atoms with Crippen LogP contribution in [0.2, 0.25) is 0 Å². The molecule has 1 aromatic heterocycles. The topological polar surface area (TPSA) is 76.3 Å². The van der Waals surface area contributed by atoms with E-state index in [0.717, 1.165) is 23.5 Å². The number of rotatable bonds is 7. The van der Waals surface area contributed by atoms with E-state index in [1.165, 1.54) is 7.11 Å². The van der Waals surface area contributed by atoms with Crippen LogP contribution in [0.4, 0.5) is 0 Å². The summed E-state index contributed by atoms with van der Waals surface area (Å²) in [5, 5.41) is 11.3. The largest absolute Gasteiger partial charge is 0.465 e. The average Bonchev–Trinajstić information content (AvgIpc) is 3.04. The Balaban J connectivity index is 2.03. The summed E-state index contributed by atoms with van der Waals surface area (Å²) < 4.78 is 10.5. The van der Waals surface area contributed by atoms with E-state index in [9.17, 15) is 9.90 Å². The number of nitrogens with two attached hydrogens (primary N) is 1. The van der Waals surface area contributed by atoms with Crippen LogP contribution in [0.15, 0.2) is 40.8 Å². The van der Waals surface area contributed by atoms with E-state index in [1.807, 2.05) is 31.2 Å². The van der Waals surface area contributed by atoms with Crippen molar-refractivity contribution in [1.82, 2.24) is 0 Å². The van der Waals surface area contributed by atoms with Crippen molar-refractivity contribution in [3.8, 4) is 11.3 Å². The Kier molecular flexibility index (Phi) is 5.75. The highest BCUT2D eigenvalue weighted by Crippen LogP contribution is 2.22. The third kappa shape index (κ3) is 3.96. The molecule has 0 aliphatic heterocycles. The minimum Gasteiger partial charge on any atom is -0.465 e. The number of carbonyl (C=O) groups is 1. The number of methoxy groups -OCH3 is 1. The van der Waals surface area contributed by atoms with Crippen LogP contribution >= 0.6 is 0 Å². The Bertz CT molecular complexity index is 599. The second-order valence-corrected chi connectivity index (χ2v) is 5.13. The second kappa shape index (κ2) is 7.77. The second-order valence-electron chi connectivity index (χ2n) is 5.13. The van der Waals surface area contributed by atoms with Crippen molar-refractivity contribution in [3.05, 3.63) is 47.7 Å². The molecule has 1 atom stereocenters. The predicted octanol–water partition coefficient (Wildman–Crippen LogP) is 1.57. The number of aliphatic hydroxyl groups excluding tert-OH is 1. The molecule has 0 fully saturated rings. The van der Waals surface area contributed by atoms with Crippen molar-refractivity contribution in [2.45, 2.75) is 25.9 Å². The number of carbonyl (C=O) groups excluding carboxylic acids is 1. The summed E-state index contributed by atoms with van der Waals surface area (Å²) in [6.45, 7) is 2.91. The van der Waals surface area contributed by atoms with Crippen molar-refractivity contribution in [2.24, 2.45) is 0 Å². The van der Waals surface area contributed by atoms with E-state index in [1.54, 1.807) is 12.1 Å². The maximum absolute atomic E-state index is 11.4. The summed E-state index contributed by atoms with van der Waals surface area (Å²) in [6, 6.07) is 11.2. The fraction of sp³-hybridized carbons (Fsp3) is 0.353. The number of esters is 1. The number of ether oxygens (including phenoxy) is 1. The number of benzene rings is 1. The van der Waals surface area contributed by atoms with Crippen LogP contribution < -0.4 is 5.32 Å². The van der Waals surface area contributed by atoms with Gasteiger partial charge in [0.15, 0.2) is 5.76 Å². The van der Waals surface area contributed by atoms with Gasteiger partial charge >= 0.3 is 5.97 Å². The first-order chi connectivity index (χ1) is 10.7. The molecule has 1 aromatic carbocycles. The normalized spacial score (nSPS) is 12.1. The molecular weight excluding hydrogens is 282 g/mol. The molecule has 3 N–H and O–H groups in total. The highest BCUT2D eigenvalue weighted by molar-refractivity contribution is 5.89. The lowest BCUT2D eigenvalue weighted by Crippen LogP contribution is -2.89. The predicted molar refractivity (Wildman–Crippen MR) is 82.3 cm³/mol. The number of hydrogen-bond donors (Lipinski definition) is 2. The average molecular weight is 304 g/mol. The minimum absolute atomic E-state index is 0.166. The smallest absolute Gasteiger partial charge is 0.337 e. The van der Waals surface area contributed by atoms with Crippen molar-refractivity contribution in [1.29, 1.82) is 0 Å². The molecule has 0 saturated carbocycles. The van der Waals surface area contributed by atoms with Gasteiger partial charge in [0.2, 0.25) is 0 Å². The van der Waals surface area contributed by atoms with E-state index in [2.05, 4.69) is 10.1 Å². The SMILES string of the molecule is CC[C@@H](CO)[NH2+]Cc1ccc(-c2ccc(C(=O)OC)cc2)o1. The zero-order valence-corrected chi connectivity index (χ0v) is 12.9. The summed E-state index contributed by atoms with van der Waals surface area (Å²) in [5.74, 6) is 1.27. The molecule has 22 heavy (non-hydrogen) atoms. The molecule has 0 saturated heterocycles. The fourth-order valence-corrected chi connectivity index (χ4v) is 2.18. The Morgan fingerprint density at radius 1 is 1.27 bits per heavy atom. The number of hydrogen-bond acceptors (Lipinski definition) is 4. The lowest BCUT2D eigenvalue weighted by Gasteiger charge is -2.08. The standard InChI is InChI=1S/C17H21NO4/c1-3-14(11-19)18-10-15-8-9-16(22-15)12-4-6-13(7-5-12)17(20)21-2/h4-9,14,18-19H,3,10-11H2,1-2H3/p+1/t14-/m0/s1. The van der Waals surface area contributed by atoms with Gasteiger partial charge in [-0.15, -0.1) is 0 Å². The van der Waals surface area contributed by atoms with Gasteiger partial charge in [0.1, 0.15) is 18.3 Å². The molecule has 2 aromatic rings. The molecule has 5 nitrogen and oxygen atoms in total. The quantitative estimate of drug-likeness (QED) is 0.761. The number of aliphatic hydroxyl groups is 1. The van der Waals surface area contributed by atoms with Gasteiger partial charge in [0, 0.05) is 5.56 Å². The third-order valence-electron chi connectivity index (χ3n) is 3.66. The van der Waals surface area contributed by atoms with Crippen LogP contribution in [0, 0.1) is 0 Å². The van der Waals surface area contributed by atoms with Gasteiger partial charge < -0.3 is 19.6 Å². The van der Waals surface area contributed by atoms with Gasteiger partial charge in [0.05, 0.1) is 19.3 Å². The van der Waals surface area contributed by atoms with Gasteiger partial charge in [-0.1, -0.05) is 19.1 Å². The first-order valence-electron chi connectivity index (χ1n) is 7.39. The molecule has 0 amide bonds. The summed E-state index contributed by atoms with van der Waals surface area (Å²) >= 11 is 0. The Hall–Kier alpha value is -2.11. The lowest BCUT2D eigenvalue weighted by atomic mass is 10.1. The lowest BCUT2D eigenvalue weighted by molar-refractivity contribution is -0.707.